The summed E-state index contributed by atoms with van der Waals surface area (Å²) in [6, 6.07) is 16.3. The molecule has 4 heterocycles. The summed E-state index contributed by atoms with van der Waals surface area (Å²) in [5.74, 6) is 1.89. The van der Waals surface area contributed by atoms with Crippen LogP contribution in [0.4, 0.5) is 23.1 Å². The number of aryl methyl sites for hydroxylation is 2. The van der Waals surface area contributed by atoms with E-state index in [1.54, 1.807) is 0 Å². The van der Waals surface area contributed by atoms with Crippen LogP contribution in [0.25, 0.3) is 5.70 Å². The highest BCUT2D eigenvalue weighted by atomic mass is 15.3. The average molecular weight is 755 g/mol. The number of unbranched alkanes of at least 4 members (excludes halogenated alkanes) is 1. The molecule has 3 aliphatic heterocycles. The first-order valence-corrected chi connectivity index (χ1v) is 20.8. The van der Waals surface area contributed by atoms with E-state index in [2.05, 4.69) is 148 Å². The second kappa shape index (κ2) is 17.4. The van der Waals surface area contributed by atoms with Gasteiger partial charge in [-0.1, -0.05) is 84.0 Å². The van der Waals surface area contributed by atoms with Crippen molar-refractivity contribution in [1.29, 1.82) is 0 Å². The molecule has 0 saturated carbocycles. The zero-order valence-corrected chi connectivity index (χ0v) is 35.1. The Hall–Kier alpha value is -4.98. The van der Waals surface area contributed by atoms with Gasteiger partial charge < -0.3 is 30.7 Å². The Kier molecular flexibility index (Phi) is 12.7. The molecule has 0 aliphatic carbocycles. The lowest BCUT2D eigenvalue weighted by atomic mass is 9.87. The molecule has 8 nitrogen and oxygen atoms in total. The van der Waals surface area contributed by atoms with Crippen LogP contribution in [-0.2, 0) is 12.8 Å². The molecule has 0 spiro atoms. The van der Waals surface area contributed by atoms with Gasteiger partial charge in [-0.25, -0.2) is 4.98 Å². The first-order chi connectivity index (χ1) is 26.7. The summed E-state index contributed by atoms with van der Waals surface area (Å²) in [7, 11) is 2.06. The van der Waals surface area contributed by atoms with Crippen molar-refractivity contribution >= 4 is 28.8 Å². The van der Waals surface area contributed by atoms with Crippen molar-refractivity contribution in [2.75, 3.05) is 41.8 Å². The summed E-state index contributed by atoms with van der Waals surface area (Å²) in [5.41, 5.74) is 12.4. The Morgan fingerprint density at radius 1 is 1.02 bits per heavy atom. The van der Waals surface area contributed by atoms with Gasteiger partial charge in [0.25, 0.3) is 0 Å². The van der Waals surface area contributed by atoms with Gasteiger partial charge in [0, 0.05) is 84.3 Å². The number of nitrogens with zero attached hydrogens (tertiary/aromatic N) is 5. The number of aromatic nitrogens is 2. The van der Waals surface area contributed by atoms with Crippen molar-refractivity contribution in [1.82, 2.24) is 25.5 Å². The lowest BCUT2D eigenvalue weighted by Gasteiger charge is -2.36. The predicted octanol–water partition coefficient (Wildman–Crippen LogP) is 10.4. The van der Waals surface area contributed by atoms with Crippen LogP contribution in [-0.4, -0.2) is 53.6 Å². The molecular formula is C48H66N8. The number of rotatable bonds is 14. The molecule has 3 aliphatic rings. The van der Waals surface area contributed by atoms with E-state index in [-0.39, 0.29) is 11.5 Å². The average Bonchev–Trinajstić information content (AvgIpc) is 3.25. The minimum atomic E-state index is -0.101. The van der Waals surface area contributed by atoms with E-state index < -0.39 is 0 Å². The highest BCUT2D eigenvalue weighted by Crippen LogP contribution is 2.42. The van der Waals surface area contributed by atoms with Gasteiger partial charge in [0.15, 0.2) is 5.82 Å². The number of allylic oxidation sites excluding steroid dienone is 3. The Balaban J connectivity index is 0.976. The Bertz CT molecular complexity index is 1950. The minimum Gasteiger partial charge on any atom is -0.382 e. The first-order valence-electron chi connectivity index (χ1n) is 20.8. The van der Waals surface area contributed by atoms with E-state index in [0.717, 1.165) is 117 Å². The summed E-state index contributed by atoms with van der Waals surface area (Å²) in [4.78, 5) is 16.8. The Morgan fingerprint density at radius 3 is 2.50 bits per heavy atom. The normalized spacial score (nSPS) is 18.7. The van der Waals surface area contributed by atoms with Gasteiger partial charge in [0.1, 0.15) is 5.69 Å². The van der Waals surface area contributed by atoms with Crippen molar-refractivity contribution in [2.45, 2.75) is 110 Å². The number of nitrogens with one attached hydrogen (secondary N) is 3. The number of hydrogen-bond donors (Lipinski definition) is 3. The summed E-state index contributed by atoms with van der Waals surface area (Å²) >= 11 is 0. The van der Waals surface area contributed by atoms with Gasteiger partial charge >= 0.3 is 0 Å². The summed E-state index contributed by atoms with van der Waals surface area (Å²) in [6.07, 6.45) is 11.5. The standard InChI is InChI=1S/C48H66N8/c1-12-39-29-40(21-23-44(39)52-47-49-30-45-46(53-47)56(32(2)3)31-48(9,10)37(8)54(45)11)35(6)51-42-24-26-55(27-25-42)34(5)16-13-14-17-38-18-15-19-41(28-38)43-22-20-33(4)50-36(43)7/h15,18-19,21,23,28-30,32,42-43,50-51H,4-8,12-14,16-17,20,22,24-27,31H2,1-3,9-11H3,(H,49,52,53). The van der Waals surface area contributed by atoms with Crippen LogP contribution < -0.4 is 25.8 Å². The van der Waals surface area contributed by atoms with Gasteiger partial charge in [-0.3, -0.25) is 0 Å². The molecular weight excluding hydrogens is 689 g/mol. The quantitative estimate of drug-likeness (QED) is 0.141. The molecule has 1 unspecified atom stereocenters. The summed E-state index contributed by atoms with van der Waals surface area (Å²) < 4.78 is 0. The molecule has 0 amide bonds. The molecule has 0 bridgehead atoms. The first kappa shape index (κ1) is 40.7. The Labute approximate surface area is 337 Å². The molecule has 8 heteroatoms. The van der Waals surface area contributed by atoms with Crippen LogP contribution in [0.3, 0.4) is 0 Å². The largest absolute Gasteiger partial charge is 0.382 e. The SMILES string of the molecule is C=C1CCC(c2cccc(CCCCC(=C)N3CCC(NC(=C)c4ccc(Nc5ncc6c(n5)N(C(C)C)CC(C)(C)C(=C)N6C)c(CC)c4)CC3)c2)C(=C)N1. The molecule has 298 valence electrons. The minimum absolute atomic E-state index is 0.101. The second-order valence-corrected chi connectivity index (χ2v) is 17.1. The molecule has 1 aromatic heterocycles. The van der Waals surface area contributed by atoms with Gasteiger partial charge in [0.2, 0.25) is 5.95 Å². The van der Waals surface area contributed by atoms with E-state index in [1.807, 2.05) is 6.20 Å². The van der Waals surface area contributed by atoms with Crippen molar-refractivity contribution in [3.8, 4) is 0 Å². The topological polar surface area (TPSA) is 71.6 Å². The van der Waals surface area contributed by atoms with Crippen LogP contribution >= 0.6 is 0 Å². The third-order valence-corrected chi connectivity index (χ3v) is 12.2. The van der Waals surface area contributed by atoms with E-state index >= 15 is 0 Å². The zero-order chi connectivity index (χ0) is 40.1. The number of piperidine rings is 2. The molecule has 1 atom stereocenters. The fourth-order valence-corrected chi connectivity index (χ4v) is 8.50. The molecule has 2 fully saturated rings. The van der Waals surface area contributed by atoms with Gasteiger partial charge in [-0.15, -0.1) is 0 Å². The van der Waals surface area contributed by atoms with Crippen molar-refractivity contribution < 1.29 is 0 Å². The molecule has 0 radical (unpaired) electrons. The van der Waals surface area contributed by atoms with Crippen molar-refractivity contribution in [3.05, 3.63) is 127 Å². The monoisotopic (exact) mass is 755 g/mol. The highest BCUT2D eigenvalue weighted by molar-refractivity contribution is 5.74. The van der Waals surface area contributed by atoms with E-state index in [9.17, 15) is 0 Å². The van der Waals surface area contributed by atoms with Crippen LogP contribution in [0.2, 0.25) is 0 Å². The fraction of sp³-hybridized carbons (Fsp3) is 0.458. The number of fused-ring (bicyclic) bond motifs is 1. The third-order valence-electron chi connectivity index (χ3n) is 12.2. The Morgan fingerprint density at radius 2 is 1.79 bits per heavy atom. The maximum atomic E-state index is 5.08. The van der Waals surface area contributed by atoms with E-state index in [0.29, 0.717) is 17.9 Å². The number of hydrogen-bond acceptors (Lipinski definition) is 8. The second-order valence-electron chi connectivity index (χ2n) is 17.1. The summed E-state index contributed by atoms with van der Waals surface area (Å²) in [5, 5.41) is 10.7. The predicted molar refractivity (Wildman–Crippen MR) is 238 cm³/mol. The molecule has 2 saturated heterocycles. The van der Waals surface area contributed by atoms with Crippen molar-refractivity contribution in [3.63, 3.8) is 0 Å². The lowest BCUT2D eigenvalue weighted by molar-refractivity contribution is 0.246. The highest BCUT2D eigenvalue weighted by Gasteiger charge is 2.36. The van der Waals surface area contributed by atoms with E-state index in [4.69, 9.17) is 9.97 Å². The zero-order valence-electron chi connectivity index (χ0n) is 35.1. The fourth-order valence-electron chi connectivity index (χ4n) is 8.50. The molecule has 56 heavy (non-hydrogen) atoms. The maximum absolute atomic E-state index is 5.08. The third kappa shape index (κ3) is 9.34. The van der Waals surface area contributed by atoms with Crippen LogP contribution in [0.15, 0.2) is 104 Å². The maximum Gasteiger partial charge on any atom is 0.229 e. The van der Waals surface area contributed by atoms with Crippen molar-refractivity contribution in [2.24, 2.45) is 5.41 Å². The molecule has 2 aromatic carbocycles. The summed E-state index contributed by atoms with van der Waals surface area (Å²) in [6.45, 7) is 35.7. The van der Waals surface area contributed by atoms with E-state index in [1.165, 1.54) is 28.8 Å². The number of likely N-dealkylation sites (tertiary alicyclic amines) is 1. The smallest absolute Gasteiger partial charge is 0.229 e. The molecule has 6 rings (SSSR count). The van der Waals surface area contributed by atoms with Crippen LogP contribution in [0.1, 0.15) is 108 Å². The molecule has 3 N–H and O–H groups in total. The number of anilines is 4. The lowest BCUT2D eigenvalue weighted by Crippen LogP contribution is -2.41. The van der Waals surface area contributed by atoms with Gasteiger partial charge in [-0.2, -0.15) is 4.98 Å². The van der Waals surface area contributed by atoms with Gasteiger partial charge in [0.05, 0.1) is 6.20 Å². The van der Waals surface area contributed by atoms with Crippen LogP contribution in [0.5, 0.6) is 0 Å². The van der Waals surface area contributed by atoms with Crippen LogP contribution in [0, 0.1) is 5.41 Å². The molecule has 3 aromatic rings. The van der Waals surface area contributed by atoms with Gasteiger partial charge in [-0.05, 0) is 106 Å². The number of benzene rings is 2.